The van der Waals surface area contributed by atoms with Crippen LogP contribution in [0.25, 0.3) is 0 Å². The van der Waals surface area contributed by atoms with Gasteiger partial charge in [0, 0.05) is 26.1 Å². The number of nitrogens with zero attached hydrogens (tertiary/aromatic N) is 3. The molecule has 10 heteroatoms. The maximum absolute atomic E-state index is 12.3. The number of aromatic amines is 1. The van der Waals surface area contributed by atoms with Crippen molar-refractivity contribution in [2.24, 2.45) is 11.1 Å². The number of aromatic nitrogens is 3. The molecule has 2 rings (SSSR count). The van der Waals surface area contributed by atoms with Crippen molar-refractivity contribution in [3.8, 4) is 0 Å². The van der Waals surface area contributed by atoms with Gasteiger partial charge in [-0.25, -0.2) is 14.8 Å². The lowest BCUT2D eigenvalue weighted by Gasteiger charge is -2.31. The third kappa shape index (κ3) is 4.48. The van der Waals surface area contributed by atoms with E-state index in [1.807, 2.05) is 6.92 Å². The highest BCUT2D eigenvalue weighted by Crippen LogP contribution is 2.17. The summed E-state index contributed by atoms with van der Waals surface area (Å²) in [4.78, 5) is 18.1. The summed E-state index contributed by atoms with van der Waals surface area (Å²) in [5.41, 5.74) is 0. The van der Waals surface area contributed by atoms with Gasteiger partial charge in [-0.05, 0) is 18.8 Å². The number of carbonyl (C=O) groups excluding carboxylic acids is 1. The third-order valence-corrected chi connectivity index (χ3v) is 4.01. The fourth-order valence-electron chi connectivity index (χ4n) is 2.34. The Hall–Kier alpha value is -1.52. The van der Waals surface area contributed by atoms with Gasteiger partial charge in [0.05, 0.1) is 0 Å². The van der Waals surface area contributed by atoms with E-state index in [9.17, 15) is 13.2 Å². The van der Waals surface area contributed by atoms with Crippen LogP contribution in [0.1, 0.15) is 36.2 Å². The second-order valence-corrected chi connectivity index (χ2v) is 6.49. The topological polar surface area (TPSA) is 134 Å². The maximum Gasteiger partial charge on any atom is 0.293 e. The first-order valence-corrected chi connectivity index (χ1v) is 8.41. The van der Waals surface area contributed by atoms with Crippen LogP contribution in [0.15, 0.2) is 0 Å². The summed E-state index contributed by atoms with van der Waals surface area (Å²) in [6.07, 6.45) is 2.34. The van der Waals surface area contributed by atoms with Gasteiger partial charge in [-0.2, -0.15) is 8.42 Å². The Morgan fingerprint density at radius 1 is 1.57 bits per heavy atom. The molecule has 2 heterocycles. The molecule has 0 radical (unpaired) electrons. The van der Waals surface area contributed by atoms with Crippen molar-refractivity contribution in [2.75, 3.05) is 19.6 Å². The first-order chi connectivity index (χ1) is 9.89. The summed E-state index contributed by atoms with van der Waals surface area (Å²) in [5.74, 6) is 0.645. The molecule has 1 saturated heterocycles. The van der Waals surface area contributed by atoms with Crippen LogP contribution < -0.4 is 9.86 Å². The zero-order valence-corrected chi connectivity index (χ0v) is 12.7. The Balaban J connectivity index is 1.95. The number of nitrogens with two attached hydrogens (primary N) is 1. The number of H-pyrrole nitrogens is 1. The van der Waals surface area contributed by atoms with Gasteiger partial charge in [0.15, 0.2) is 0 Å². The lowest BCUT2D eigenvalue weighted by molar-refractivity contribution is 0.0664. The zero-order valence-electron chi connectivity index (χ0n) is 11.9. The highest BCUT2D eigenvalue weighted by Gasteiger charge is 2.27. The van der Waals surface area contributed by atoms with Gasteiger partial charge in [0.25, 0.3) is 16.1 Å². The van der Waals surface area contributed by atoms with Crippen LogP contribution in [0.3, 0.4) is 0 Å². The summed E-state index contributed by atoms with van der Waals surface area (Å²) in [5, 5.41) is 11.5. The molecule has 1 unspecified atom stereocenters. The molecule has 0 saturated carbocycles. The van der Waals surface area contributed by atoms with Crippen molar-refractivity contribution >= 4 is 16.1 Å². The average Bonchev–Trinajstić information content (AvgIpc) is 2.93. The van der Waals surface area contributed by atoms with Crippen LogP contribution in [0.4, 0.5) is 0 Å². The van der Waals surface area contributed by atoms with Crippen molar-refractivity contribution in [3.63, 3.8) is 0 Å². The van der Waals surface area contributed by atoms with Gasteiger partial charge in [0.1, 0.15) is 5.82 Å². The standard InChI is InChI=1S/C11H20N6O3S/c1-2-9-14-10(16-15-9)11(18)17-5-3-4-8(7-17)6-13-21(12,19)20/h8,13H,2-7H2,1H3,(H2,12,19,20)(H,14,15,16). The fraction of sp³-hybridized carbons (Fsp3) is 0.727. The van der Waals surface area contributed by atoms with Gasteiger partial charge < -0.3 is 4.90 Å². The molecule has 1 aliphatic rings. The predicted octanol–water partition coefficient (Wildman–Crippen LogP) is -0.988. The Kier molecular flexibility index (Phi) is 4.91. The molecular weight excluding hydrogens is 296 g/mol. The van der Waals surface area contributed by atoms with Crippen LogP contribution in [-0.4, -0.2) is 54.0 Å². The minimum Gasteiger partial charge on any atom is -0.336 e. The minimum absolute atomic E-state index is 0.0469. The fourth-order valence-corrected chi connectivity index (χ4v) is 2.81. The van der Waals surface area contributed by atoms with Crippen LogP contribution in [0.5, 0.6) is 0 Å². The molecule has 1 aromatic heterocycles. The number of aryl methyl sites for hydroxylation is 1. The Morgan fingerprint density at radius 2 is 2.33 bits per heavy atom. The van der Waals surface area contributed by atoms with Crippen molar-refractivity contribution in [1.29, 1.82) is 0 Å². The highest BCUT2D eigenvalue weighted by atomic mass is 32.2. The van der Waals surface area contributed by atoms with Gasteiger partial charge in [-0.1, -0.05) is 6.92 Å². The molecule has 1 fully saturated rings. The summed E-state index contributed by atoms with van der Waals surface area (Å²) in [7, 11) is -3.70. The Bertz CT molecular complexity index is 599. The predicted molar refractivity (Wildman–Crippen MR) is 75.5 cm³/mol. The van der Waals surface area contributed by atoms with Crippen LogP contribution >= 0.6 is 0 Å². The molecule has 1 aliphatic heterocycles. The first kappa shape index (κ1) is 15.9. The van der Waals surface area contributed by atoms with Gasteiger partial charge in [0.2, 0.25) is 5.82 Å². The Morgan fingerprint density at radius 3 is 2.95 bits per heavy atom. The zero-order chi connectivity index (χ0) is 15.5. The van der Waals surface area contributed by atoms with E-state index >= 15 is 0 Å². The van der Waals surface area contributed by atoms with Gasteiger partial charge in [-0.3, -0.25) is 9.89 Å². The quantitative estimate of drug-likeness (QED) is 0.641. The molecule has 1 amide bonds. The normalized spacial score (nSPS) is 19.7. The van der Waals surface area contributed by atoms with E-state index < -0.39 is 10.2 Å². The molecule has 1 atom stereocenters. The SMILES string of the molecule is CCc1nc(C(=O)N2CCCC(CNS(N)(=O)=O)C2)n[nH]1. The molecule has 4 N–H and O–H groups in total. The van der Waals surface area contributed by atoms with Crippen LogP contribution in [0, 0.1) is 5.92 Å². The molecular formula is C11H20N6O3S. The highest BCUT2D eigenvalue weighted by molar-refractivity contribution is 7.87. The molecule has 0 aromatic carbocycles. The van der Waals surface area contributed by atoms with Crippen molar-refractivity contribution in [1.82, 2.24) is 24.8 Å². The largest absolute Gasteiger partial charge is 0.336 e. The number of rotatable bonds is 5. The molecule has 0 aliphatic carbocycles. The van der Waals surface area contributed by atoms with E-state index in [0.29, 0.717) is 25.3 Å². The van der Waals surface area contributed by atoms with Crippen molar-refractivity contribution in [2.45, 2.75) is 26.2 Å². The van der Waals surface area contributed by atoms with E-state index in [0.717, 1.165) is 12.8 Å². The van der Waals surface area contributed by atoms with Gasteiger partial charge in [-0.15, -0.1) is 5.10 Å². The van der Waals surface area contributed by atoms with E-state index in [4.69, 9.17) is 5.14 Å². The molecule has 9 nitrogen and oxygen atoms in total. The van der Waals surface area contributed by atoms with E-state index in [-0.39, 0.29) is 24.2 Å². The second kappa shape index (κ2) is 6.50. The molecule has 21 heavy (non-hydrogen) atoms. The van der Waals surface area contributed by atoms with E-state index in [1.54, 1.807) is 4.90 Å². The molecule has 0 spiro atoms. The summed E-state index contributed by atoms with van der Waals surface area (Å²) >= 11 is 0. The minimum atomic E-state index is -3.70. The number of likely N-dealkylation sites (tertiary alicyclic amines) is 1. The van der Waals surface area contributed by atoms with Crippen LogP contribution in [-0.2, 0) is 16.6 Å². The monoisotopic (exact) mass is 316 g/mol. The van der Waals surface area contributed by atoms with E-state index in [2.05, 4.69) is 19.9 Å². The summed E-state index contributed by atoms with van der Waals surface area (Å²) in [6.45, 7) is 3.25. The molecule has 0 bridgehead atoms. The number of piperidine rings is 1. The summed E-state index contributed by atoms with van der Waals surface area (Å²) < 4.78 is 24.1. The number of amides is 1. The smallest absolute Gasteiger partial charge is 0.293 e. The lowest BCUT2D eigenvalue weighted by atomic mass is 9.98. The maximum atomic E-state index is 12.3. The Labute approximate surface area is 123 Å². The lowest BCUT2D eigenvalue weighted by Crippen LogP contribution is -2.45. The summed E-state index contributed by atoms with van der Waals surface area (Å²) in [6, 6.07) is 0. The van der Waals surface area contributed by atoms with Gasteiger partial charge >= 0.3 is 0 Å². The van der Waals surface area contributed by atoms with E-state index in [1.165, 1.54) is 0 Å². The number of carbonyl (C=O) groups is 1. The van der Waals surface area contributed by atoms with Crippen molar-refractivity contribution < 1.29 is 13.2 Å². The molecule has 118 valence electrons. The number of hydrogen-bond donors (Lipinski definition) is 3. The van der Waals surface area contributed by atoms with Crippen molar-refractivity contribution in [3.05, 3.63) is 11.6 Å². The first-order valence-electron chi connectivity index (χ1n) is 6.87. The third-order valence-electron chi connectivity index (χ3n) is 3.44. The number of hydrogen-bond acceptors (Lipinski definition) is 5. The number of nitrogens with one attached hydrogen (secondary N) is 2. The average molecular weight is 316 g/mol. The second-order valence-electron chi connectivity index (χ2n) is 5.11. The molecule has 1 aromatic rings. The van der Waals surface area contributed by atoms with Crippen LogP contribution in [0.2, 0.25) is 0 Å².